The van der Waals surface area contributed by atoms with E-state index in [-0.39, 0.29) is 18.2 Å². The van der Waals surface area contributed by atoms with Crippen LogP contribution in [0.5, 0.6) is 0 Å². The van der Waals surface area contributed by atoms with Crippen LogP contribution < -0.4 is 11.1 Å². The van der Waals surface area contributed by atoms with Crippen molar-refractivity contribution in [2.75, 3.05) is 0 Å². The van der Waals surface area contributed by atoms with Gasteiger partial charge in [0.2, 0.25) is 11.8 Å². The van der Waals surface area contributed by atoms with Gasteiger partial charge in [0.15, 0.2) is 0 Å². The van der Waals surface area contributed by atoms with Crippen LogP contribution in [0.15, 0.2) is 0 Å². The lowest BCUT2D eigenvalue weighted by molar-refractivity contribution is -0.128. The summed E-state index contributed by atoms with van der Waals surface area (Å²) in [6, 6.07) is 0.301. The Hall–Kier alpha value is -1.06. The van der Waals surface area contributed by atoms with E-state index in [0.29, 0.717) is 6.04 Å². The highest BCUT2D eigenvalue weighted by Gasteiger charge is 2.18. The molecule has 1 aliphatic carbocycles. The van der Waals surface area contributed by atoms with Crippen LogP contribution in [-0.2, 0) is 9.59 Å². The Morgan fingerprint density at radius 3 is 2.31 bits per heavy atom. The first-order chi connectivity index (χ1) is 7.59. The second-order valence-electron chi connectivity index (χ2n) is 4.76. The van der Waals surface area contributed by atoms with E-state index in [2.05, 4.69) is 5.32 Å². The predicted molar refractivity (Wildman–Crippen MR) is 62.6 cm³/mol. The molecule has 1 saturated carbocycles. The first-order valence-electron chi connectivity index (χ1n) is 6.18. The minimum Gasteiger partial charge on any atom is -0.369 e. The van der Waals surface area contributed by atoms with E-state index >= 15 is 0 Å². The van der Waals surface area contributed by atoms with E-state index in [9.17, 15) is 9.59 Å². The van der Waals surface area contributed by atoms with Crippen LogP contribution >= 0.6 is 0 Å². The number of carbonyl (C=O) groups is 2. The molecule has 0 aliphatic heterocycles. The average Bonchev–Trinajstić information content (AvgIpc) is 2.45. The maximum Gasteiger partial charge on any atom is 0.221 e. The standard InChI is InChI=1S/C12H22N2O2/c1-9(12(13)16)8-11(15)14-10-6-4-2-3-5-7-10/h9-10H,2-8H2,1H3,(H2,13,16)(H,14,15). The predicted octanol–water partition coefficient (Wildman–Crippen LogP) is 1.34. The molecule has 1 rings (SSSR count). The van der Waals surface area contributed by atoms with Crippen molar-refractivity contribution in [1.29, 1.82) is 0 Å². The summed E-state index contributed by atoms with van der Waals surface area (Å²) in [5, 5.41) is 3.00. The molecule has 3 N–H and O–H groups in total. The zero-order valence-corrected chi connectivity index (χ0v) is 10.00. The summed E-state index contributed by atoms with van der Waals surface area (Å²) in [5.41, 5.74) is 5.12. The summed E-state index contributed by atoms with van der Waals surface area (Å²) in [6.45, 7) is 1.69. The van der Waals surface area contributed by atoms with E-state index in [1.54, 1.807) is 6.92 Å². The lowest BCUT2D eigenvalue weighted by atomic mass is 10.1. The van der Waals surface area contributed by atoms with Crippen LogP contribution in [-0.4, -0.2) is 17.9 Å². The number of nitrogens with one attached hydrogen (secondary N) is 1. The molecule has 1 fully saturated rings. The van der Waals surface area contributed by atoms with Gasteiger partial charge in [0.05, 0.1) is 0 Å². The van der Waals surface area contributed by atoms with Gasteiger partial charge in [-0.15, -0.1) is 0 Å². The number of hydrogen-bond acceptors (Lipinski definition) is 2. The van der Waals surface area contributed by atoms with Crippen molar-refractivity contribution in [2.45, 2.75) is 57.9 Å². The molecule has 0 aromatic rings. The molecule has 0 saturated heterocycles. The smallest absolute Gasteiger partial charge is 0.221 e. The molecular formula is C12H22N2O2. The third-order valence-corrected chi connectivity index (χ3v) is 3.20. The quantitative estimate of drug-likeness (QED) is 0.710. The van der Waals surface area contributed by atoms with Crippen LogP contribution in [0.1, 0.15) is 51.9 Å². The zero-order chi connectivity index (χ0) is 12.0. The topological polar surface area (TPSA) is 72.2 Å². The summed E-state index contributed by atoms with van der Waals surface area (Å²) in [4.78, 5) is 22.4. The molecule has 4 nitrogen and oxygen atoms in total. The zero-order valence-electron chi connectivity index (χ0n) is 10.00. The number of amides is 2. The maximum atomic E-state index is 11.6. The number of hydrogen-bond donors (Lipinski definition) is 2. The highest BCUT2D eigenvalue weighted by atomic mass is 16.2. The lowest BCUT2D eigenvalue weighted by Gasteiger charge is -2.17. The minimum absolute atomic E-state index is 0.0433. The summed E-state index contributed by atoms with van der Waals surface area (Å²) in [5.74, 6) is -0.819. The summed E-state index contributed by atoms with van der Waals surface area (Å²) in [7, 11) is 0. The SMILES string of the molecule is CC(CC(=O)NC1CCCCCC1)C(N)=O. The number of primary amides is 1. The highest BCUT2D eigenvalue weighted by Crippen LogP contribution is 2.17. The molecule has 2 amide bonds. The first kappa shape index (κ1) is 13.0. The molecule has 1 unspecified atom stereocenters. The van der Waals surface area contributed by atoms with Gasteiger partial charge in [0, 0.05) is 18.4 Å². The maximum absolute atomic E-state index is 11.6. The largest absolute Gasteiger partial charge is 0.369 e. The Bertz CT molecular complexity index is 245. The summed E-state index contributed by atoms with van der Waals surface area (Å²) >= 11 is 0. The van der Waals surface area contributed by atoms with Crippen LogP contribution in [0.3, 0.4) is 0 Å². The van der Waals surface area contributed by atoms with Crippen LogP contribution in [0.2, 0.25) is 0 Å². The third kappa shape index (κ3) is 4.64. The molecule has 1 atom stereocenters. The van der Waals surface area contributed by atoms with E-state index in [1.165, 1.54) is 25.7 Å². The van der Waals surface area contributed by atoms with Crippen molar-refractivity contribution in [2.24, 2.45) is 11.7 Å². The van der Waals surface area contributed by atoms with Gasteiger partial charge in [0.1, 0.15) is 0 Å². The summed E-state index contributed by atoms with van der Waals surface area (Å²) < 4.78 is 0. The fourth-order valence-electron chi connectivity index (χ4n) is 2.09. The van der Waals surface area contributed by atoms with Gasteiger partial charge in [-0.05, 0) is 12.8 Å². The van der Waals surface area contributed by atoms with Crippen molar-refractivity contribution in [1.82, 2.24) is 5.32 Å². The molecule has 0 bridgehead atoms. The molecule has 0 heterocycles. The van der Waals surface area contributed by atoms with Gasteiger partial charge in [0.25, 0.3) is 0 Å². The Labute approximate surface area is 97.0 Å². The summed E-state index contributed by atoms with van der Waals surface area (Å²) in [6.07, 6.45) is 7.26. The van der Waals surface area contributed by atoms with E-state index in [4.69, 9.17) is 5.73 Å². The molecule has 92 valence electrons. The lowest BCUT2D eigenvalue weighted by Crippen LogP contribution is -2.36. The monoisotopic (exact) mass is 226 g/mol. The molecule has 16 heavy (non-hydrogen) atoms. The molecule has 1 aliphatic rings. The van der Waals surface area contributed by atoms with E-state index < -0.39 is 5.91 Å². The normalized spacial score (nSPS) is 19.8. The average molecular weight is 226 g/mol. The highest BCUT2D eigenvalue weighted by molar-refractivity contribution is 5.84. The van der Waals surface area contributed by atoms with Crippen LogP contribution in [0.4, 0.5) is 0 Å². The number of nitrogens with two attached hydrogens (primary N) is 1. The number of rotatable bonds is 4. The minimum atomic E-state index is -0.406. The Morgan fingerprint density at radius 2 is 1.81 bits per heavy atom. The van der Waals surface area contributed by atoms with Gasteiger partial charge in [-0.2, -0.15) is 0 Å². The van der Waals surface area contributed by atoms with E-state index in [0.717, 1.165) is 12.8 Å². The Morgan fingerprint density at radius 1 is 1.25 bits per heavy atom. The van der Waals surface area contributed by atoms with Crippen molar-refractivity contribution < 1.29 is 9.59 Å². The fraction of sp³-hybridized carbons (Fsp3) is 0.833. The molecule has 0 aromatic carbocycles. The van der Waals surface area contributed by atoms with Crippen molar-refractivity contribution >= 4 is 11.8 Å². The van der Waals surface area contributed by atoms with Crippen molar-refractivity contribution in [3.05, 3.63) is 0 Å². The second-order valence-corrected chi connectivity index (χ2v) is 4.76. The van der Waals surface area contributed by atoms with Crippen LogP contribution in [0, 0.1) is 5.92 Å². The fourth-order valence-corrected chi connectivity index (χ4v) is 2.09. The second kappa shape index (κ2) is 6.51. The van der Waals surface area contributed by atoms with Gasteiger partial charge in [-0.25, -0.2) is 0 Å². The van der Waals surface area contributed by atoms with Gasteiger partial charge < -0.3 is 11.1 Å². The molecule has 0 radical (unpaired) electrons. The van der Waals surface area contributed by atoms with Gasteiger partial charge in [-0.3, -0.25) is 9.59 Å². The van der Waals surface area contributed by atoms with E-state index in [1.807, 2.05) is 0 Å². The Kier molecular flexibility index (Phi) is 5.29. The molecule has 0 spiro atoms. The van der Waals surface area contributed by atoms with Crippen molar-refractivity contribution in [3.63, 3.8) is 0 Å². The number of carbonyl (C=O) groups excluding carboxylic acids is 2. The third-order valence-electron chi connectivity index (χ3n) is 3.20. The molecule has 0 aromatic heterocycles. The first-order valence-corrected chi connectivity index (χ1v) is 6.18. The van der Waals surface area contributed by atoms with Gasteiger partial charge in [-0.1, -0.05) is 32.6 Å². The van der Waals surface area contributed by atoms with Crippen LogP contribution in [0.25, 0.3) is 0 Å². The Balaban J connectivity index is 2.29. The molecular weight excluding hydrogens is 204 g/mol. The van der Waals surface area contributed by atoms with Crippen molar-refractivity contribution in [3.8, 4) is 0 Å². The van der Waals surface area contributed by atoms with Gasteiger partial charge >= 0.3 is 0 Å². The molecule has 4 heteroatoms.